The highest BCUT2D eigenvalue weighted by atomic mass is 35.5. The van der Waals surface area contributed by atoms with Crippen molar-refractivity contribution in [2.24, 2.45) is 10.9 Å². The van der Waals surface area contributed by atoms with Gasteiger partial charge in [-0.05, 0) is 18.1 Å². The number of thioether (sulfide) groups is 1. The van der Waals surface area contributed by atoms with E-state index in [1.165, 1.54) is 11.8 Å². The number of amides is 1. The number of aliphatic imine (C=N–C) groups is 1. The molecule has 0 aliphatic carbocycles. The van der Waals surface area contributed by atoms with E-state index in [1.54, 1.807) is 23.1 Å². The molecule has 2 fully saturated rings. The van der Waals surface area contributed by atoms with E-state index in [2.05, 4.69) is 4.99 Å². The van der Waals surface area contributed by atoms with Gasteiger partial charge in [0.1, 0.15) is 0 Å². The Bertz CT molecular complexity index is 840. The number of hydrogen-bond donors (Lipinski definition) is 0. The molecule has 9 heteroatoms. The lowest BCUT2D eigenvalue weighted by molar-refractivity contribution is -0.118. The normalized spacial score (nSPS) is 26.4. The topological polar surface area (TPSA) is 66.8 Å². The summed E-state index contributed by atoms with van der Waals surface area (Å²) in [4.78, 5) is 18.2. The first kappa shape index (κ1) is 19.0. The fraction of sp³-hybridized carbons (Fsp3) is 0.500. The lowest BCUT2D eigenvalue weighted by atomic mass is 10.1. The van der Waals surface area contributed by atoms with Crippen molar-refractivity contribution >= 4 is 61.6 Å². The summed E-state index contributed by atoms with van der Waals surface area (Å²) < 4.78 is 24.1. The molecule has 136 valence electrons. The minimum atomic E-state index is -3.12. The summed E-state index contributed by atoms with van der Waals surface area (Å²) in [6.07, 6.45) is 0.342. The summed E-state index contributed by atoms with van der Waals surface area (Å²) in [5.74, 6) is 0.0779. The Balaban J connectivity index is 2.02. The van der Waals surface area contributed by atoms with Crippen molar-refractivity contribution < 1.29 is 13.2 Å². The molecule has 1 aromatic carbocycles. The number of nitrogens with zero attached hydrogens (tertiary/aromatic N) is 2. The molecular weight excluding hydrogens is 403 g/mol. The monoisotopic (exact) mass is 420 g/mol. The molecule has 2 aliphatic heterocycles. The average Bonchev–Trinajstić information content (AvgIpc) is 2.92. The molecule has 0 saturated carbocycles. The number of amidine groups is 1. The molecule has 1 aromatic rings. The Kier molecular flexibility index (Phi) is 5.40. The van der Waals surface area contributed by atoms with Crippen LogP contribution in [0.5, 0.6) is 0 Å². The largest absolute Gasteiger partial charge is 0.314 e. The first-order chi connectivity index (χ1) is 11.7. The second-order valence-corrected chi connectivity index (χ2v) is 10.8. The number of benzene rings is 1. The van der Waals surface area contributed by atoms with Gasteiger partial charge < -0.3 is 4.90 Å². The number of fused-ring (bicyclic) bond motifs is 1. The minimum Gasteiger partial charge on any atom is -0.314 e. The summed E-state index contributed by atoms with van der Waals surface area (Å²) in [6.45, 7) is 3.90. The first-order valence-corrected chi connectivity index (χ1v) is 11.4. The van der Waals surface area contributed by atoms with Crippen molar-refractivity contribution in [3.63, 3.8) is 0 Å². The lowest BCUT2D eigenvalue weighted by Gasteiger charge is -2.25. The van der Waals surface area contributed by atoms with Crippen molar-refractivity contribution in [2.45, 2.75) is 31.6 Å². The third kappa shape index (κ3) is 3.99. The molecular formula is C16H18Cl2N2O3S2. The van der Waals surface area contributed by atoms with Crippen LogP contribution in [-0.4, -0.2) is 42.3 Å². The maximum absolute atomic E-state index is 12.2. The second kappa shape index (κ2) is 7.10. The molecule has 0 aromatic heterocycles. The van der Waals surface area contributed by atoms with Gasteiger partial charge in [0.05, 0.1) is 33.3 Å². The van der Waals surface area contributed by atoms with Crippen LogP contribution in [0.15, 0.2) is 23.2 Å². The van der Waals surface area contributed by atoms with Crippen LogP contribution in [0.25, 0.3) is 0 Å². The molecule has 2 unspecified atom stereocenters. The Morgan fingerprint density at radius 2 is 2.08 bits per heavy atom. The van der Waals surface area contributed by atoms with Gasteiger partial charge in [0.25, 0.3) is 0 Å². The highest BCUT2D eigenvalue weighted by Gasteiger charge is 2.49. The SMILES string of the molecule is CC(C)CC(=O)N=C1SC2CS(=O)(=O)CC2N1c1cccc(Cl)c1Cl. The van der Waals surface area contributed by atoms with Gasteiger partial charge >= 0.3 is 0 Å². The molecule has 5 nitrogen and oxygen atoms in total. The molecule has 0 radical (unpaired) electrons. The quantitative estimate of drug-likeness (QED) is 0.746. The smallest absolute Gasteiger partial charge is 0.248 e. The van der Waals surface area contributed by atoms with Crippen LogP contribution in [0, 0.1) is 5.92 Å². The predicted molar refractivity (Wildman–Crippen MR) is 105 cm³/mol. The molecule has 2 atom stereocenters. The van der Waals surface area contributed by atoms with E-state index in [0.29, 0.717) is 27.3 Å². The Labute approximate surface area is 161 Å². The number of anilines is 1. The van der Waals surface area contributed by atoms with E-state index in [0.717, 1.165) is 0 Å². The predicted octanol–water partition coefficient (Wildman–Crippen LogP) is 3.64. The van der Waals surface area contributed by atoms with E-state index in [4.69, 9.17) is 23.2 Å². The van der Waals surface area contributed by atoms with Crippen molar-refractivity contribution in [1.82, 2.24) is 0 Å². The Hall–Kier alpha value is -0.760. The molecule has 2 saturated heterocycles. The summed E-state index contributed by atoms with van der Waals surface area (Å²) in [6, 6.07) is 4.89. The van der Waals surface area contributed by atoms with E-state index < -0.39 is 9.84 Å². The van der Waals surface area contributed by atoms with Crippen LogP contribution in [0.2, 0.25) is 10.0 Å². The van der Waals surface area contributed by atoms with Crippen LogP contribution in [-0.2, 0) is 14.6 Å². The number of hydrogen-bond acceptors (Lipinski definition) is 4. The van der Waals surface area contributed by atoms with E-state index >= 15 is 0 Å². The number of carbonyl (C=O) groups excluding carboxylic acids is 1. The van der Waals surface area contributed by atoms with Crippen LogP contribution in [0.4, 0.5) is 5.69 Å². The van der Waals surface area contributed by atoms with Gasteiger partial charge in [-0.1, -0.05) is 54.9 Å². The number of halogens is 2. The molecule has 1 amide bonds. The van der Waals surface area contributed by atoms with Crippen molar-refractivity contribution in [2.75, 3.05) is 16.4 Å². The molecule has 2 aliphatic rings. The van der Waals surface area contributed by atoms with Gasteiger partial charge in [-0.15, -0.1) is 0 Å². The summed E-state index contributed by atoms with van der Waals surface area (Å²) in [5, 5.41) is 1.05. The van der Waals surface area contributed by atoms with Gasteiger partial charge in [-0.3, -0.25) is 4.79 Å². The van der Waals surface area contributed by atoms with Crippen molar-refractivity contribution in [1.29, 1.82) is 0 Å². The fourth-order valence-electron chi connectivity index (χ4n) is 3.03. The number of sulfone groups is 1. The van der Waals surface area contributed by atoms with Crippen LogP contribution >= 0.6 is 35.0 Å². The van der Waals surface area contributed by atoms with Gasteiger partial charge in [-0.25, -0.2) is 8.42 Å². The van der Waals surface area contributed by atoms with Gasteiger partial charge in [0.15, 0.2) is 15.0 Å². The van der Waals surface area contributed by atoms with Crippen LogP contribution in [0.3, 0.4) is 0 Å². The standard InChI is InChI=1S/C16H18Cl2N2O3S2/c1-9(2)6-14(21)19-16-20(11-5-3-4-10(17)15(11)18)12-7-25(22,23)8-13(12)24-16/h3-5,9,12-13H,6-8H2,1-2H3. The van der Waals surface area contributed by atoms with Crippen molar-refractivity contribution in [3.05, 3.63) is 28.2 Å². The van der Waals surface area contributed by atoms with E-state index in [-0.39, 0.29) is 34.6 Å². The van der Waals surface area contributed by atoms with Gasteiger partial charge in [0.2, 0.25) is 5.91 Å². The fourth-order valence-corrected chi connectivity index (χ4v) is 7.34. The Morgan fingerprint density at radius 1 is 1.36 bits per heavy atom. The molecule has 2 heterocycles. The summed E-state index contributed by atoms with van der Waals surface area (Å²) in [5.41, 5.74) is 0.586. The summed E-state index contributed by atoms with van der Waals surface area (Å²) in [7, 11) is -3.12. The average molecular weight is 421 g/mol. The number of rotatable bonds is 3. The highest BCUT2D eigenvalue weighted by molar-refractivity contribution is 8.16. The molecule has 0 N–H and O–H groups in total. The van der Waals surface area contributed by atoms with Gasteiger partial charge in [0, 0.05) is 11.7 Å². The maximum atomic E-state index is 12.2. The molecule has 3 rings (SSSR count). The van der Waals surface area contributed by atoms with Crippen LogP contribution in [0.1, 0.15) is 20.3 Å². The zero-order valence-electron chi connectivity index (χ0n) is 13.8. The molecule has 0 bridgehead atoms. The zero-order chi connectivity index (χ0) is 18.4. The maximum Gasteiger partial charge on any atom is 0.248 e. The third-order valence-corrected chi connectivity index (χ3v) is 8.08. The first-order valence-electron chi connectivity index (χ1n) is 7.90. The van der Waals surface area contributed by atoms with E-state index in [1.807, 2.05) is 13.8 Å². The number of carbonyl (C=O) groups is 1. The minimum absolute atomic E-state index is 0.0187. The zero-order valence-corrected chi connectivity index (χ0v) is 16.9. The molecule has 0 spiro atoms. The Morgan fingerprint density at radius 3 is 2.76 bits per heavy atom. The molecule has 25 heavy (non-hydrogen) atoms. The third-order valence-electron chi connectivity index (χ3n) is 4.06. The second-order valence-electron chi connectivity index (χ2n) is 6.63. The van der Waals surface area contributed by atoms with Gasteiger partial charge in [-0.2, -0.15) is 4.99 Å². The van der Waals surface area contributed by atoms with Crippen LogP contribution < -0.4 is 4.90 Å². The van der Waals surface area contributed by atoms with Crippen molar-refractivity contribution in [3.8, 4) is 0 Å². The lowest BCUT2D eigenvalue weighted by Crippen LogP contribution is -2.38. The van der Waals surface area contributed by atoms with E-state index in [9.17, 15) is 13.2 Å². The highest BCUT2D eigenvalue weighted by Crippen LogP contribution is 2.44. The summed E-state index contributed by atoms with van der Waals surface area (Å²) >= 11 is 13.8.